The Bertz CT molecular complexity index is 506. The topological polar surface area (TPSA) is 143 Å². The van der Waals surface area contributed by atoms with Gasteiger partial charge in [-0.15, -0.1) is 0 Å². The first-order valence-corrected chi connectivity index (χ1v) is 5.18. The van der Waals surface area contributed by atoms with Gasteiger partial charge in [-0.2, -0.15) is 0 Å². The van der Waals surface area contributed by atoms with Gasteiger partial charge in [0, 0.05) is 6.54 Å². The van der Waals surface area contributed by atoms with Gasteiger partial charge in [0.1, 0.15) is 4.92 Å². The number of carboxylic acids is 1. The minimum absolute atomic E-state index is 0.294. The molecule has 0 aliphatic carbocycles. The number of amides is 1. The number of nitro groups is 1. The fourth-order valence-electron chi connectivity index (χ4n) is 1.29. The lowest BCUT2D eigenvalue weighted by Gasteiger charge is -2.20. The molecule has 1 heterocycles. The van der Waals surface area contributed by atoms with Gasteiger partial charge in [-0.25, -0.2) is 0 Å². The molecule has 1 atom stereocenters. The van der Waals surface area contributed by atoms with Crippen LogP contribution in [0.1, 0.15) is 23.9 Å². The first-order valence-electron chi connectivity index (χ1n) is 5.18. The van der Waals surface area contributed by atoms with E-state index in [-0.39, 0.29) is 12.3 Å². The number of furan rings is 1. The smallest absolute Gasteiger partial charge is 0.433 e. The molecule has 0 saturated heterocycles. The number of carbonyl (C=O) groups is 2. The highest BCUT2D eigenvalue weighted by molar-refractivity contribution is 5.91. The number of carboxylic acid groups (broad SMARTS) is 1. The maximum absolute atomic E-state index is 11.5. The zero-order valence-corrected chi connectivity index (χ0v) is 9.95. The Morgan fingerprint density at radius 2 is 2.16 bits per heavy atom. The number of aliphatic hydroxyl groups is 1. The summed E-state index contributed by atoms with van der Waals surface area (Å²) in [5, 5.41) is 30.7. The molecule has 104 valence electrons. The molecule has 0 bridgehead atoms. The largest absolute Gasteiger partial charge is 0.481 e. The summed E-state index contributed by atoms with van der Waals surface area (Å²) >= 11 is 0. The van der Waals surface area contributed by atoms with Crippen molar-refractivity contribution in [3.63, 3.8) is 0 Å². The molecule has 9 nitrogen and oxygen atoms in total. The van der Waals surface area contributed by atoms with Gasteiger partial charge in [-0.3, -0.25) is 19.7 Å². The summed E-state index contributed by atoms with van der Waals surface area (Å²) < 4.78 is 4.64. The minimum Gasteiger partial charge on any atom is -0.481 e. The van der Waals surface area contributed by atoms with Gasteiger partial charge in [-0.05, 0) is 13.0 Å². The van der Waals surface area contributed by atoms with E-state index in [1.54, 1.807) is 0 Å². The zero-order chi connectivity index (χ0) is 14.6. The third kappa shape index (κ3) is 4.39. The van der Waals surface area contributed by atoms with E-state index in [1.807, 2.05) is 0 Å². The Morgan fingerprint density at radius 1 is 1.53 bits per heavy atom. The van der Waals surface area contributed by atoms with Crippen molar-refractivity contribution in [1.29, 1.82) is 0 Å². The third-order valence-corrected chi connectivity index (χ3v) is 2.16. The Balaban J connectivity index is 2.60. The molecule has 0 spiro atoms. The van der Waals surface area contributed by atoms with Crippen molar-refractivity contribution >= 4 is 17.8 Å². The molecule has 9 heteroatoms. The van der Waals surface area contributed by atoms with Crippen molar-refractivity contribution in [3.05, 3.63) is 28.0 Å². The number of carbonyl (C=O) groups excluding carboxylic acids is 1. The lowest BCUT2D eigenvalue weighted by atomic mass is 10.0. The first kappa shape index (κ1) is 14.6. The highest BCUT2D eigenvalue weighted by Gasteiger charge is 2.26. The highest BCUT2D eigenvalue weighted by atomic mass is 16.6. The van der Waals surface area contributed by atoms with Gasteiger partial charge in [0.25, 0.3) is 5.91 Å². The van der Waals surface area contributed by atoms with Crippen LogP contribution in [0.25, 0.3) is 0 Å². The van der Waals surface area contributed by atoms with E-state index < -0.39 is 34.7 Å². The predicted molar refractivity (Wildman–Crippen MR) is 60.6 cm³/mol. The molecule has 0 fully saturated rings. The Hall–Kier alpha value is -2.42. The SMILES string of the molecule is CC(O)(CNC(=O)c1ccc([N+](=O)[O-])o1)CC(=O)O. The highest BCUT2D eigenvalue weighted by Crippen LogP contribution is 2.15. The summed E-state index contributed by atoms with van der Waals surface area (Å²) in [5.74, 6) is -2.87. The number of aliphatic carboxylic acids is 1. The molecule has 1 aromatic rings. The van der Waals surface area contributed by atoms with Crippen LogP contribution < -0.4 is 5.32 Å². The maximum Gasteiger partial charge on any atom is 0.433 e. The fourth-order valence-corrected chi connectivity index (χ4v) is 1.29. The number of rotatable bonds is 6. The molecule has 1 aromatic heterocycles. The van der Waals surface area contributed by atoms with Crippen LogP contribution in [0.4, 0.5) is 5.88 Å². The number of nitrogens with zero attached hydrogens (tertiary/aromatic N) is 1. The quantitative estimate of drug-likeness (QED) is 0.493. The van der Waals surface area contributed by atoms with Crippen molar-refractivity contribution in [3.8, 4) is 0 Å². The molecular weight excluding hydrogens is 260 g/mol. The standard InChI is InChI=1S/C10H12N2O7/c1-10(16,4-8(13)14)5-11-9(15)6-2-3-7(19-6)12(17)18/h2-3,16H,4-5H2,1H3,(H,11,15)(H,13,14). The van der Waals surface area contributed by atoms with Gasteiger partial charge in [0.2, 0.25) is 0 Å². The average Bonchev–Trinajstić information content (AvgIpc) is 2.73. The molecular formula is C10H12N2O7. The summed E-state index contributed by atoms with van der Waals surface area (Å²) in [6, 6.07) is 2.13. The number of hydrogen-bond donors (Lipinski definition) is 3. The lowest BCUT2D eigenvalue weighted by molar-refractivity contribution is -0.402. The van der Waals surface area contributed by atoms with Crippen LogP contribution in [0, 0.1) is 10.1 Å². The summed E-state index contributed by atoms with van der Waals surface area (Å²) in [7, 11) is 0. The van der Waals surface area contributed by atoms with E-state index in [0.29, 0.717) is 0 Å². The van der Waals surface area contributed by atoms with Crippen molar-refractivity contribution < 1.29 is 29.1 Å². The predicted octanol–water partition coefficient (Wildman–Crippen LogP) is 0.143. The van der Waals surface area contributed by atoms with Gasteiger partial charge < -0.3 is 19.9 Å². The van der Waals surface area contributed by atoms with Crippen LogP contribution in [-0.4, -0.2) is 39.2 Å². The molecule has 1 unspecified atom stereocenters. The molecule has 1 amide bonds. The van der Waals surface area contributed by atoms with Crippen LogP contribution >= 0.6 is 0 Å². The molecule has 0 radical (unpaired) electrons. The number of nitrogens with one attached hydrogen (secondary N) is 1. The van der Waals surface area contributed by atoms with Gasteiger partial charge >= 0.3 is 11.9 Å². The van der Waals surface area contributed by atoms with E-state index in [1.165, 1.54) is 6.92 Å². The van der Waals surface area contributed by atoms with Crippen molar-refractivity contribution in [2.24, 2.45) is 0 Å². The van der Waals surface area contributed by atoms with Crippen LogP contribution in [-0.2, 0) is 4.79 Å². The van der Waals surface area contributed by atoms with Crippen LogP contribution in [0.15, 0.2) is 16.5 Å². The second kappa shape index (κ2) is 5.48. The van der Waals surface area contributed by atoms with E-state index in [0.717, 1.165) is 12.1 Å². The van der Waals surface area contributed by atoms with Crippen molar-refractivity contribution in [2.45, 2.75) is 18.9 Å². The van der Waals surface area contributed by atoms with Crippen molar-refractivity contribution in [1.82, 2.24) is 5.32 Å². The maximum atomic E-state index is 11.5. The summed E-state index contributed by atoms with van der Waals surface area (Å²) in [6.07, 6.45) is -0.550. The Kier molecular flexibility index (Phi) is 4.22. The second-order valence-corrected chi connectivity index (χ2v) is 4.15. The van der Waals surface area contributed by atoms with Crippen LogP contribution in [0.5, 0.6) is 0 Å². The fraction of sp³-hybridized carbons (Fsp3) is 0.400. The van der Waals surface area contributed by atoms with Gasteiger partial charge in [0.05, 0.1) is 18.1 Å². The lowest BCUT2D eigenvalue weighted by Crippen LogP contribution is -2.42. The second-order valence-electron chi connectivity index (χ2n) is 4.15. The van der Waals surface area contributed by atoms with E-state index in [9.17, 15) is 24.8 Å². The van der Waals surface area contributed by atoms with E-state index >= 15 is 0 Å². The third-order valence-electron chi connectivity index (χ3n) is 2.16. The molecule has 0 aliphatic rings. The van der Waals surface area contributed by atoms with Crippen molar-refractivity contribution in [2.75, 3.05) is 6.54 Å². The van der Waals surface area contributed by atoms with Gasteiger partial charge in [-0.1, -0.05) is 0 Å². The molecule has 1 rings (SSSR count). The zero-order valence-electron chi connectivity index (χ0n) is 9.95. The normalized spacial score (nSPS) is 13.6. The average molecular weight is 272 g/mol. The van der Waals surface area contributed by atoms with Crippen LogP contribution in [0.2, 0.25) is 0 Å². The summed E-state index contributed by atoms with van der Waals surface area (Å²) in [6.45, 7) is 0.915. The minimum atomic E-state index is -1.62. The van der Waals surface area contributed by atoms with E-state index in [2.05, 4.69) is 9.73 Å². The van der Waals surface area contributed by atoms with Gasteiger partial charge in [0.15, 0.2) is 5.76 Å². The summed E-state index contributed by atoms with van der Waals surface area (Å²) in [4.78, 5) is 31.5. The first-order chi connectivity index (χ1) is 8.71. The monoisotopic (exact) mass is 272 g/mol. The molecule has 0 aromatic carbocycles. The molecule has 19 heavy (non-hydrogen) atoms. The Morgan fingerprint density at radius 3 is 2.63 bits per heavy atom. The van der Waals surface area contributed by atoms with Crippen LogP contribution in [0.3, 0.4) is 0 Å². The Labute approximate surface area is 107 Å². The number of hydrogen-bond acceptors (Lipinski definition) is 6. The summed E-state index contributed by atoms with van der Waals surface area (Å²) in [5.41, 5.74) is -1.62. The molecule has 0 saturated carbocycles. The molecule has 0 aliphatic heterocycles. The van der Waals surface area contributed by atoms with E-state index in [4.69, 9.17) is 5.11 Å². The molecule has 3 N–H and O–H groups in total.